The zero-order chi connectivity index (χ0) is 50.5. The second kappa shape index (κ2) is 28.0. The van der Waals surface area contributed by atoms with E-state index in [-0.39, 0.29) is 81.4 Å². The van der Waals surface area contributed by atoms with Gasteiger partial charge in [-0.25, -0.2) is 0 Å². The number of benzene rings is 2. The van der Waals surface area contributed by atoms with Gasteiger partial charge in [0.1, 0.15) is 42.1 Å². The number of primary amides is 2. The lowest BCUT2D eigenvalue weighted by Crippen LogP contribution is -2.59. The van der Waals surface area contributed by atoms with Gasteiger partial charge in [-0.05, 0) is 62.3 Å². The molecule has 0 spiro atoms. The largest absolute Gasteiger partial charge is 0.508 e. The van der Waals surface area contributed by atoms with Crippen LogP contribution in [0.3, 0.4) is 0 Å². The normalized spacial score (nSPS) is 22.6. The fourth-order valence-corrected chi connectivity index (χ4v) is 9.47. The van der Waals surface area contributed by atoms with E-state index in [1.807, 2.05) is 30.3 Å². The van der Waals surface area contributed by atoms with Gasteiger partial charge in [-0.3, -0.25) is 48.1 Å². The molecule has 69 heavy (non-hydrogen) atoms. The van der Waals surface area contributed by atoms with Crippen molar-refractivity contribution >= 4 is 80.7 Å². The van der Waals surface area contributed by atoms with Gasteiger partial charge in [-0.2, -0.15) is 0 Å². The van der Waals surface area contributed by atoms with Crippen molar-refractivity contribution in [3.8, 4) is 5.75 Å². The highest BCUT2D eigenvalue weighted by Crippen LogP contribution is 2.26. The number of guanidine groups is 1. The minimum Gasteiger partial charge on any atom is -0.508 e. The second-order valence-corrected chi connectivity index (χ2v) is 19.0. The summed E-state index contributed by atoms with van der Waals surface area (Å²) in [6.07, 6.45) is -0.757. The number of aromatic hydroxyl groups is 1. The van der Waals surface area contributed by atoms with Gasteiger partial charge in [-0.15, -0.1) is 0 Å². The fourth-order valence-electron chi connectivity index (χ4n) is 7.33. The van der Waals surface area contributed by atoms with E-state index in [4.69, 9.17) is 27.7 Å². The first-order valence-corrected chi connectivity index (χ1v) is 24.8. The molecule has 2 aromatic rings. The predicted molar refractivity (Wildman–Crippen MR) is 257 cm³/mol. The zero-order valence-electron chi connectivity index (χ0n) is 38.2. The third-order valence-corrected chi connectivity index (χ3v) is 13.3. The highest BCUT2D eigenvalue weighted by Gasteiger charge is 2.40. The third kappa shape index (κ3) is 19.1. The van der Waals surface area contributed by atoms with Crippen LogP contribution in [0.1, 0.15) is 56.6 Å². The van der Waals surface area contributed by atoms with E-state index < -0.39 is 108 Å². The Balaban J connectivity index is 1.59. The molecule has 25 heteroatoms. The summed E-state index contributed by atoms with van der Waals surface area (Å²) in [5.74, 6) is -6.67. The van der Waals surface area contributed by atoms with E-state index in [0.717, 1.165) is 16.4 Å². The van der Waals surface area contributed by atoms with Gasteiger partial charge in [0.15, 0.2) is 5.96 Å². The zero-order valence-corrected chi connectivity index (χ0v) is 39.8. The van der Waals surface area contributed by atoms with Crippen LogP contribution in [0, 0.1) is 0 Å². The SMILES string of the molecule is C[C@@H]1OC[C@H](Cc2ccccc2)NC(=O)C(Cc2ccc(O)cc2)NC(=O)CCSSC[C@@H](C(=O)N2CCC[C@H]2C(=O)N[C@H](CCCN=C(N)N)C(=O)NCC(N)=O)NC(=O)C(CC(N)=O)NC1=O. The third-order valence-electron chi connectivity index (χ3n) is 10.9. The number of likely N-dealkylation sites (tertiary alicyclic amines) is 1. The number of ether oxygens (including phenoxy) is 1. The molecule has 0 aliphatic carbocycles. The van der Waals surface area contributed by atoms with Crippen molar-refractivity contribution in [1.82, 2.24) is 36.8 Å². The summed E-state index contributed by atoms with van der Waals surface area (Å²) < 4.78 is 5.95. The van der Waals surface area contributed by atoms with Crippen LogP contribution < -0.4 is 54.8 Å². The maximum atomic E-state index is 14.4. The molecule has 2 aliphatic rings. The van der Waals surface area contributed by atoms with Gasteiger partial charge >= 0.3 is 0 Å². The fraction of sp³-hybridized carbons (Fsp3) is 0.500. The van der Waals surface area contributed by atoms with Gasteiger partial charge in [0, 0.05) is 37.4 Å². The smallest absolute Gasteiger partial charge is 0.249 e. The summed E-state index contributed by atoms with van der Waals surface area (Å²) in [4.78, 5) is 125. The summed E-state index contributed by atoms with van der Waals surface area (Å²) in [7, 11) is 2.32. The number of amides is 9. The molecule has 376 valence electrons. The number of nitrogens with two attached hydrogens (primary N) is 4. The lowest BCUT2D eigenvalue weighted by molar-refractivity contribution is -0.142. The van der Waals surface area contributed by atoms with Gasteiger partial charge in [0.05, 0.1) is 25.6 Å². The molecule has 0 aromatic heterocycles. The van der Waals surface area contributed by atoms with Crippen molar-refractivity contribution in [2.24, 2.45) is 27.9 Å². The Morgan fingerprint density at radius 2 is 1.55 bits per heavy atom. The van der Waals surface area contributed by atoms with E-state index in [1.165, 1.54) is 34.8 Å². The van der Waals surface area contributed by atoms with Crippen molar-refractivity contribution in [3.05, 3.63) is 65.7 Å². The molecule has 2 saturated heterocycles. The number of hydrogen-bond acceptors (Lipinski definition) is 14. The van der Waals surface area contributed by atoms with Crippen molar-refractivity contribution in [2.45, 2.75) is 101 Å². The lowest BCUT2D eigenvalue weighted by Gasteiger charge is -2.30. The molecule has 7 atom stereocenters. The molecule has 9 amide bonds. The van der Waals surface area contributed by atoms with Crippen LogP contribution in [0.15, 0.2) is 59.6 Å². The van der Waals surface area contributed by atoms with Crippen LogP contribution in [-0.2, 0) is 60.7 Å². The number of rotatable bonds is 16. The number of phenols is 1. The molecule has 2 aliphatic heterocycles. The Morgan fingerprint density at radius 1 is 0.855 bits per heavy atom. The second-order valence-electron chi connectivity index (χ2n) is 16.4. The van der Waals surface area contributed by atoms with E-state index in [2.05, 4.69) is 36.9 Å². The first-order valence-electron chi connectivity index (χ1n) is 22.3. The lowest BCUT2D eigenvalue weighted by atomic mass is 10.0. The van der Waals surface area contributed by atoms with Gasteiger partial charge in [0.2, 0.25) is 53.2 Å². The Hall–Kier alpha value is -6.60. The molecule has 2 aromatic carbocycles. The molecule has 2 fully saturated rings. The number of carbonyl (C=O) groups is 9. The number of phenolic OH excluding ortho intramolecular Hbond substituents is 1. The first-order chi connectivity index (χ1) is 32.9. The minimum absolute atomic E-state index is 0.0219. The summed E-state index contributed by atoms with van der Waals surface area (Å²) in [6, 6.07) is 8.39. The maximum absolute atomic E-state index is 14.4. The molecule has 15 N–H and O–H groups in total. The van der Waals surface area contributed by atoms with Crippen molar-refractivity contribution in [2.75, 3.05) is 37.7 Å². The van der Waals surface area contributed by atoms with Crippen LogP contribution in [0.25, 0.3) is 0 Å². The number of carbonyl (C=O) groups excluding carboxylic acids is 9. The van der Waals surface area contributed by atoms with Crippen molar-refractivity contribution < 1.29 is 53.0 Å². The van der Waals surface area contributed by atoms with E-state index in [1.54, 1.807) is 12.1 Å². The Labute approximate surface area is 406 Å². The average Bonchev–Trinajstić information content (AvgIpc) is 3.80. The summed E-state index contributed by atoms with van der Waals surface area (Å²) >= 11 is 0. The molecular weight excluding hydrogens is 937 g/mol. The molecule has 23 nitrogen and oxygen atoms in total. The maximum Gasteiger partial charge on any atom is 0.249 e. The predicted octanol–water partition coefficient (Wildman–Crippen LogP) is -2.69. The topological polar surface area (TPSA) is 375 Å². The van der Waals surface area contributed by atoms with Crippen LogP contribution in [0.4, 0.5) is 0 Å². The summed E-state index contributed by atoms with van der Waals surface area (Å²) in [5.41, 5.74) is 23.0. The average molecular weight is 999 g/mol. The van der Waals surface area contributed by atoms with Gasteiger partial charge in [-0.1, -0.05) is 64.1 Å². The van der Waals surface area contributed by atoms with Crippen molar-refractivity contribution in [3.63, 3.8) is 0 Å². The van der Waals surface area contributed by atoms with E-state index in [9.17, 15) is 48.3 Å². The number of nitrogens with zero attached hydrogens (tertiary/aromatic N) is 2. The number of nitrogens with one attached hydrogen (secondary N) is 6. The van der Waals surface area contributed by atoms with Crippen LogP contribution in [-0.4, -0.2) is 149 Å². The highest BCUT2D eigenvalue weighted by atomic mass is 33.1. The van der Waals surface area contributed by atoms with Crippen LogP contribution in [0.5, 0.6) is 5.75 Å². The number of aliphatic imine (C=N–C) groups is 1. The molecule has 4 rings (SSSR count). The van der Waals surface area contributed by atoms with Gasteiger partial charge in [0.25, 0.3) is 0 Å². The molecular formula is C44H62N12O11S2. The van der Waals surface area contributed by atoms with Gasteiger partial charge < -0.3 is 69.6 Å². The molecule has 2 heterocycles. The molecule has 0 radical (unpaired) electrons. The molecule has 0 saturated carbocycles. The molecule has 0 bridgehead atoms. The molecule has 2 unspecified atom stereocenters. The quantitative estimate of drug-likeness (QED) is 0.0353. The van der Waals surface area contributed by atoms with Crippen LogP contribution in [0.2, 0.25) is 0 Å². The van der Waals surface area contributed by atoms with Crippen molar-refractivity contribution in [1.29, 1.82) is 0 Å². The standard InChI is InChI=1S/C44H62N12O11S2/c1-25-38(61)54-32(21-35(45)58)41(64)55-33(43(66)56-17-6-10-34(56)42(65)53-30(9-5-16-49-44(47)48)39(62)50-22-36(46)59)24-69-68-18-15-37(60)52-31(20-27-11-13-29(57)14-12-27)40(63)51-28(23-67-25)19-26-7-3-2-4-8-26/h2-4,7-8,11-14,25,28,30-34,57H,5-6,9-10,15-24H2,1H3,(H2,45,58)(H2,46,59)(H,50,62)(H,51,63)(H,52,60)(H,53,65)(H,54,61)(H,55,64)(H4,47,48,49)/t25-,28-,30+,31?,32?,33-,34-/m0/s1. The Kier molecular flexibility index (Phi) is 22.3. The first kappa shape index (κ1) is 55.0. The van der Waals surface area contributed by atoms with E-state index >= 15 is 0 Å². The summed E-state index contributed by atoms with van der Waals surface area (Å²) in [6.45, 7) is 0.930. The minimum atomic E-state index is -1.57. The summed E-state index contributed by atoms with van der Waals surface area (Å²) in [5, 5.41) is 25.8. The number of hydrogen-bond donors (Lipinski definition) is 11. The van der Waals surface area contributed by atoms with Crippen LogP contribution >= 0.6 is 21.6 Å². The Bertz CT molecular complexity index is 2150. The van der Waals surface area contributed by atoms with E-state index in [0.29, 0.717) is 12.0 Å². The monoisotopic (exact) mass is 998 g/mol. The Morgan fingerprint density at radius 3 is 2.23 bits per heavy atom. The highest BCUT2D eigenvalue weighted by molar-refractivity contribution is 8.76.